The topological polar surface area (TPSA) is 23.6 Å². The lowest BCUT2D eigenvalue weighted by molar-refractivity contribution is -0.132. The molecule has 0 saturated carbocycles. The van der Waals surface area contributed by atoms with Crippen LogP contribution in [0, 0.1) is 0 Å². The number of nitrogens with zero attached hydrogens (tertiary/aromatic N) is 2. The first-order valence-corrected chi connectivity index (χ1v) is 8.06. The zero-order valence-corrected chi connectivity index (χ0v) is 13.5. The van der Waals surface area contributed by atoms with Crippen molar-refractivity contribution in [3.8, 4) is 0 Å². The number of benzene rings is 2. The second-order valence-corrected chi connectivity index (χ2v) is 6.35. The third-order valence-corrected chi connectivity index (χ3v) is 4.85. The number of hydrogen-bond acceptors (Lipinski definition) is 2. The summed E-state index contributed by atoms with van der Waals surface area (Å²) in [6.07, 6.45) is 2.65. The lowest BCUT2D eigenvalue weighted by atomic mass is 10.00. The molecule has 0 aromatic heterocycles. The number of piperidine rings is 1. The molecule has 0 radical (unpaired) electrons. The van der Waals surface area contributed by atoms with E-state index in [9.17, 15) is 4.79 Å². The maximum Gasteiger partial charge on any atom is 0.227 e. The molecule has 0 spiro atoms. The van der Waals surface area contributed by atoms with Gasteiger partial charge in [-0.1, -0.05) is 42.5 Å². The minimum atomic E-state index is 0.228. The lowest BCUT2D eigenvalue weighted by Gasteiger charge is -2.35. The normalized spacial score (nSPS) is 16.8. The van der Waals surface area contributed by atoms with Crippen molar-refractivity contribution in [2.45, 2.75) is 25.3 Å². The first-order chi connectivity index (χ1) is 10.6. The van der Waals surface area contributed by atoms with Gasteiger partial charge in [0.2, 0.25) is 5.91 Å². The molecule has 2 aromatic rings. The number of amides is 1. The van der Waals surface area contributed by atoms with E-state index in [2.05, 4.69) is 36.2 Å². The first kappa shape index (κ1) is 15.0. The molecule has 0 unspecified atom stereocenters. The van der Waals surface area contributed by atoms with Crippen molar-refractivity contribution in [1.29, 1.82) is 0 Å². The fourth-order valence-corrected chi connectivity index (χ4v) is 3.32. The van der Waals surface area contributed by atoms with Crippen LogP contribution >= 0.6 is 0 Å². The zero-order chi connectivity index (χ0) is 15.5. The monoisotopic (exact) mass is 296 g/mol. The molecule has 116 valence electrons. The van der Waals surface area contributed by atoms with E-state index in [4.69, 9.17) is 0 Å². The van der Waals surface area contributed by atoms with Crippen LogP contribution in [0.3, 0.4) is 0 Å². The van der Waals surface area contributed by atoms with Crippen molar-refractivity contribution in [1.82, 2.24) is 9.80 Å². The predicted molar refractivity (Wildman–Crippen MR) is 90.9 cm³/mol. The molecule has 1 saturated heterocycles. The minimum absolute atomic E-state index is 0.228. The summed E-state index contributed by atoms with van der Waals surface area (Å²) in [5, 5.41) is 2.39. The van der Waals surface area contributed by atoms with Gasteiger partial charge in [-0.05, 0) is 49.3 Å². The third-order valence-electron chi connectivity index (χ3n) is 4.85. The first-order valence-electron chi connectivity index (χ1n) is 8.06. The largest absolute Gasteiger partial charge is 0.342 e. The molecule has 1 aliphatic rings. The highest BCUT2D eigenvalue weighted by atomic mass is 16.2. The van der Waals surface area contributed by atoms with Crippen LogP contribution in [0.4, 0.5) is 0 Å². The van der Waals surface area contributed by atoms with Crippen LogP contribution in [-0.2, 0) is 11.2 Å². The van der Waals surface area contributed by atoms with Gasteiger partial charge in [-0.2, -0.15) is 0 Å². The minimum Gasteiger partial charge on any atom is -0.342 e. The van der Waals surface area contributed by atoms with Crippen LogP contribution < -0.4 is 0 Å². The Hall–Kier alpha value is -1.87. The van der Waals surface area contributed by atoms with Gasteiger partial charge in [0.05, 0.1) is 6.42 Å². The van der Waals surface area contributed by atoms with E-state index < -0.39 is 0 Å². The molecule has 3 heteroatoms. The highest BCUT2D eigenvalue weighted by molar-refractivity contribution is 5.90. The van der Waals surface area contributed by atoms with Gasteiger partial charge in [-0.15, -0.1) is 0 Å². The molecule has 1 aliphatic heterocycles. The number of carbonyl (C=O) groups excluding carboxylic acids is 1. The molecule has 0 N–H and O–H groups in total. The number of carbonyl (C=O) groups is 1. The Morgan fingerprint density at radius 2 is 1.82 bits per heavy atom. The molecule has 3 rings (SSSR count). The van der Waals surface area contributed by atoms with Crippen molar-refractivity contribution in [2.24, 2.45) is 0 Å². The average Bonchev–Trinajstić information content (AvgIpc) is 2.55. The van der Waals surface area contributed by atoms with Gasteiger partial charge in [0.15, 0.2) is 0 Å². The van der Waals surface area contributed by atoms with Crippen molar-refractivity contribution < 1.29 is 4.79 Å². The number of rotatable bonds is 3. The maximum absolute atomic E-state index is 12.6. The van der Waals surface area contributed by atoms with Crippen molar-refractivity contribution >= 4 is 16.7 Å². The summed E-state index contributed by atoms with van der Waals surface area (Å²) in [7, 11) is 4.11. The Morgan fingerprint density at radius 3 is 2.59 bits per heavy atom. The fourth-order valence-electron chi connectivity index (χ4n) is 3.32. The van der Waals surface area contributed by atoms with E-state index in [1.807, 2.05) is 30.1 Å². The Kier molecular flexibility index (Phi) is 4.44. The van der Waals surface area contributed by atoms with Gasteiger partial charge in [0.1, 0.15) is 0 Å². The summed E-state index contributed by atoms with van der Waals surface area (Å²) < 4.78 is 0. The van der Waals surface area contributed by atoms with E-state index in [0.29, 0.717) is 12.5 Å². The van der Waals surface area contributed by atoms with Gasteiger partial charge < -0.3 is 9.80 Å². The highest BCUT2D eigenvalue weighted by Crippen LogP contribution is 2.21. The van der Waals surface area contributed by atoms with Crippen LogP contribution in [0.2, 0.25) is 0 Å². The quantitative estimate of drug-likeness (QED) is 0.869. The number of hydrogen-bond donors (Lipinski definition) is 0. The molecule has 1 heterocycles. The van der Waals surface area contributed by atoms with E-state index >= 15 is 0 Å². The van der Waals surface area contributed by atoms with Crippen molar-refractivity contribution in [2.75, 3.05) is 27.2 Å². The summed E-state index contributed by atoms with van der Waals surface area (Å²) in [6, 6.07) is 14.9. The second-order valence-electron chi connectivity index (χ2n) is 6.35. The summed E-state index contributed by atoms with van der Waals surface area (Å²) in [5.74, 6) is 0.228. The molecule has 1 amide bonds. The zero-order valence-electron chi connectivity index (χ0n) is 13.5. The summed E-state index contributed by atoms with van der Waals surface area (Å²) >= 11 is 0. The van der Waals surface area contributed by atoms with Crippen molar-refractivity contribution in [3.63, 3.8) is 0 Å². The van der Waals surface area contributed by atoms with Crippen LogP contribution in [-0.4, -0.2) is 48.9 Å². The molecule has 22 heavy (non-hydrogen) atoms. The van der Waals surface area contributed by atoms with Crippen LogP contribution in [0.1, 0.15) is 18.4 Å². The van der Waals surface area contributed by atoms with Crippen LogP contribution in [0.15, 0.2) is 42.5 Å². The van der Waals surface area contributed by atoms with Gasteiger partial charge >= 0.3 is 0 Å². The Bertz CT molecular complexity index is 654. The lowest BCUT2D eigenvalue weighted by Crippen LogP contribution is -2.45. The van der Waals surface area contributed by atoms with Gasteiger partial charge in [-0.25, -0.2) is 0 Å². The standard InChI is InChI=1S/C19H24N2O/c1-20-12-10-17(11-13-20)21(2)19(22)14-16-8-5-7-15-6-3-4-9-18(15)16/h3-9,17H,10-14H2,1-2H3. The van der Waals surface area contributed by atoms with Crippen LogP contribution in [0.5, 0.6) is 0 Å². The van der Waals surface area contributed by atoms with E-state index in [0.717, 1.165) is 31.5 Å². The highest BCUT2D eigenvalue weighted by Gasteiger charge is 2.24. The molecule has 0 bridgehead atoms. The molecule has 2 aromatic carbocycles. The summed E-state index contributed by atoms with van der Waals surface area (Å²) in [5.41, 5.74) is 1.13. The Balaban J connectivity index is 1.73. The Labute approximate surface area is 132 Å². The van der Waals surface area contributed by atoms with Gasteiger partial charge in [0, 0.05) is 13.1 Å². The molecular formula is C19H24N2O. The molecule has 1 fully saturated rings. The molecular weight excluding hydrogens is 272 g/mol. The smallest absolute Gasteiger partial charge is 0.227 e. The Morgan fingerprint density at radius 1 is 1.14 bits per heavy atom. The second kappa shape index (κ2) is 6.49. The predicted octanol–water partition coefficient (Wildman–Crippen LogP) is 2.93. The molecule has 3 nitrogen and oxygen atoms in total. The van der Waals surface area contributed by atoms with Gasteiger partial charge in [-0.3, -0.25) is 4.79 Å². The average molecular weight is 296 g/mol. The third kappa shape index (κ3) is 3.14. The van der Waals surface area contributed by atoms with Gasteiger partial charge in [0.25, 0.3) is 0 Å². The van der Waals surface area contributed by atoms with E-state index in [1.54, 1.807) is 0 Å². The molecule has 0 atom stereocenters. The number of likely N-dealkylation sites (N-methyl/N-ethyl adjacent to an activating group) is 1. The summed E-state index contributed by atoms with van der Waals surface area (Å²) in [4.78, 5) is 16.9. The van der Waals surface area contributed by atoms with E-state index in [1.165, 1.54) is 10.8 Å². The summed E-state index contributed by atoms with van der Waals surface area (Å²) in [6.45, 7) is 2.16. The number of fused-ring (bicyclic) bond motifs is 1. The maximum atomic E-state index is 12.6. The number of likely N-dealkylation sites (tertiary alicyclic amines) is 1. The van der Waals surface area contributed by atoms with Crippen molar-refractivity contribution in [3.05, 3.63) is 48.0 Å². The molecule has 0 aliphatic carbocycles. The van der Waals surface area contributed by atoms with Crippen LogP contribution in [0.25, 0.3) is 10.8 Å². The fraction of sp³-hybridized carbons (Fsp3) is 0.421. The van der Waals surface area contributed by atoms with E-state index in [-0.39, 0.29) is 5.91 Å². The SMILES string of the molecule is CN1CCC(N(C)C(=O)Cc2cccc3ccccc23)CC1.